The number of nitrogens with zero attached hydrogens (tertiary/aromatic N) is 2. The highest BCUT2D eigenvalue weighted by Crippen LogP contribution is 2.12. The molecule has 1 N–H and O–H groups in total. The van der Waals surface area contributed by atoms with Crippen molar-refractivity contribution in [3.8, 4) is 12.3 Å². The summed E-state index contributed by atoms with van der Waals surface area (Å²) in [4.78, 5) is 5.03. The summed E-state index contributed by atoms with van der Waals surface area (Å²) in [6.07, 6.45) is 12.1. The van der Waals surface area contributed by atoms with Crippen molar-refractivity contribution in [3.05, 3.63) is 0 Å². The standard InChI is InChI=1S/C17H31N3/c1-3-9-19-12-7-17(8-13-19)18-14-16(2)15-20-10-5-4-6-11-20/h1,16-18H,4-15H2,2H3. The second kappa shape index (κ2) is 8.67. The summed E-state index contributed by atoms with van der Waals surface area (Å²) in [6.45, 7) is 10.6. The van der Waals surface area contributed by atoms with E-state index in [1.54, 1.807) is 0 Å². The number of piperidine rings is 2. The lowest BCUT2D eigenvalue weighted by Gasteiger charge is -2.33. The van der Waals surface area contributed by atoms with Gasteiger partial charge in [-0.15, -0.1) is 6.42 Å². The van der Waals surface area contributed by atoms with Crippen LogP contribution in [0.25, 0.3) is 0 Å². The van der Waals surface area contributed by atoms with Gasteiger partial charge in [-0.2, -0.15) is 0 Å². The van der Waals surface area contributed by atoms with E-state index in [0.717, 1.165) is 32.1 Å². The Labute approximate surface area is 125 Å². The fourth-order valence-electron chi connectivity index (χ4n) is 3.44. The van der Waals surface area contributed by atoms with Crippen LogP contribution >= 0.6 is 0 Å². The van der Waals surface area contributed by atoms with Crippen molar-refractivity contribution in [1.82, 2.24) is 15.1 Å². The van der Waals surface area contributed by atoms with Crippen LogP contribution in [-0.4, -0.2) is 61.7 Å². The fourth-order valence-corrected chi connectivity index (χ4v) is 3.44. The van der Waals surface area contributed by atoms with Gasteiger partial charge in [0, 0.05) is 25.7 Å². The number of rotatable bonds is 6. The normalized spacial score (nSPS) is 24.4. The van der Waals surface area contributed by atoms with Gasteiger partial charge in [0.05, 0.1) is 6.54 Å². The van der Waals surface area contributed by atoms with Crippen molar-refractivity contribution < 1.29 is 0 Å². The van der Waals surface area contributed by atoms with Crippen molar-refractivity contribution in [2.75, 3.05) is 45.8 Å². The van der Waals surface area contributed by atoms with E-state index in [1.165, 1.54) is 51.7 Å². The van der Waals surface area contributed by atoms with Crippen LogP contribution in [0.1, 0.15) is 39.0 Å². The minimum atomic E-state index is 0.702. The van der Waals surface area contributed by atoms with Crippen LogP contribution < -0.4 is 5.32 Å². The van der Waals surface area contributed by atoms with E-state index in [9.17, 15) is 0 Å². The summed E-state index contributed by atoms with van der Waals surface area (Å²) in [5.41, 5.74) is 0. The van der Waals surface area contributed by atoms with Gasteiger partial charge in [-0.1, -0.05) is 19.3 Å². The Morgan fingerprint density at radius 2 is 1.80 bits per heavy atom. The Morgan fingerprint density at radius 1 is 1.10 bits per heavy atom. The van der Waals surface area contributed by atoms with Gasteiger partial charge >= 0.3 is 0 Å². The molecule has 0 saturated carbocycles. The quantitative estimate of drug-likeness (QED) is 0.747. The lowest BCUT2D eigenvalue weighted by Crippen LogP contribution is -2.45. The van der Waals surface area contributed by atoms with Crippen molar-refractivity contribution in [2.24, 2.45) is 5.92 Å². The number of terminal acetylenes is 1. The molecule has 20 heavy (non-hydrogen) atoms. The lowest BCUT2D eigenvalue weighted by molar-refractivity contribution is 0.186. The Balaban J connectivity index is 1.57. The first-order valence-corrected chi connectivity index (χ1v) is 8.39. The van der Waals surface area contributed by atoms with Gasteiger partial charge in [-0.3, -0.25) is 4.90 Å². The van der Waals surface area contributed by atoms with E-state index >= 15 is 0 Å². The topological polar surface area (TPSA) is 18.5 Å². The lowest BCUT2D eigenvalue weighted by atomic mass is 10.0. The molecule has 0 aromatic rings. The summed E-state index contributed by atoms with van der Waals surface area (Å²) in [5, 5.41) is 3.77. The molecule has 2 heterocycles. The molecule has 1 unspecified atom stereocenters. The molecule has 1 atom stereocenters. The van der Waals surface area contributed by atoms with Crippen LogP contribution in [0.2, 0.25) is 0 Å². The Hall–Kier alpha value is -0.560. The number of nitrogens with one attached hydrogen (secondary N) is 1. The molecule has 2 aliphatic heterocycles. The molecule has 0 radical (unpaired) electrons. The summed E-state index contributed by atoms with van der Waals surface area (Å²) in [5.74, 6) is 3.51. The molecule has 0 aromatic carbocycles. The van der Waals surface area contributed by atoms with Gasteiger partial charge in [0.25, 0.3) is 0 Å². The first-order chi connectivity index (χ1) is 9.78. The van der Waals surface area contributed by atoms with E-state index < -0.39 is 0 Å². The Bertz CT molecular complexity index is 296. The van der Waals surface area contributed by atoms with Gasteiger partial charge < -0.3 is 10.2 Å². The maximum Gasteiger partial charge on any atom is 0.0598 e. The molecule has 0 spiro atoms. The monoisotopic (exact) mass is 277 g/mol. The minimum absolute atomic E-state index is 0.702. The molecular formula is C17H31N3. The number of hydrogen-bond acceptors (Lipinski definition) is 3. The van der Waals surface area contributed by atoms with Crippen LogP contribution in [0.15, 0.2) is 0 Å². The van der Waals surface area contributed by atoms with Crippen LogP contribution in [-0.2, 0) is 0 Å². The zero-order valence-electron chi connectivity index (χ0n) is 13.1. The summed E-state index contributed by atoms with van der Waals surface area (Å²) in [6, 6.07) is 0.702. The maximum absolute atomic E-state index is 5.37. The highest BCUT2D eigenvalue weighted by atomic mass is 15.1. The summed E-state index contributed by atoms with van der Waals surface area (Å²) >= 11 is 0. The number of hydrogen-bond donors (Lipinski definition) is 1. The molecule has 114 valence electrons. The Kier molecular flexibility index (Phi) is 6.86. The van der Waals surface area contributed by atoms with E-state index in [0.29, 0.717) is 6.04 Å². The minimum Gasteiger partial charge on any atom is -0.314 e. The third-order valence-electron chi connectivity index (χ3n) is 4.68. The molecule has 2 aliphatic rings. The second-order valence-corrected chi connectivity index (χ2v) is 6.63. The van der Waals surface area contributed by atoms with E-state index in [2.05, 4.69) is 28.0 Å². The van der Waals surface area contributed by atoms with Crippen LogP contribution in [0.4, 0.5) is 0 Å². The van der Waals surface area contributed by atoms with Gasteiger partial charge in [0.1, 0.15) is 0 Å². The average Bonchev–Trinajstić information content (AvgIpc) is 2.48. The third kappa shape index (κ3) is 5.44. The van der Waals surface area contributed by atoms with Gasteiger partial charge in [-0.05, 0) is 51.2 Å². The van der Waals surface area contributed by atoms with Gasteiger partial charge in [0.2, 0.25) is 0 Å². The van der Waals surface area contributed by atoms with Crippen LogP contribution in [0, 0.1) is 18.3 Å². The predicted octanol–water partition coefficient (Wildman–Crippen LogP) is 1.80. The zero-order chi connectivity index (χ0) is 14.2. The highest BCUT2D eigenvalue weighted by molar-refractivity contribution is 4.90. The van der Waals surface area contributed by atoms with Gasteiger partial charge in [0.15, 0.2) is 0 Å². The molecule has 0 amide bonds. The second-order valence-electron chi connectivity index (χ2n) is 6.63. The largest absolute Gasteiger partial charge is 0.314 e. The summed E-state index contributed by atoms with van der Waals surface area (Å²) in [7, 11) is 0. The van der Waals surface area contributed by atoms with Crippen molar-refractivity contribution >= 4 is 0 Å². The first-order valence-electron chi connectivity index (χ1n) is 8.39. The number of likely N-dealkylation sites (tertiary alicyclic amines) is 2. The van der Waals surface area contributed by atoms with Crippen molar-refractivity contribution in [1.29, 1.82) is 0 Å². The molecule has 0 aromatic heterocycles. The highest BCUT2D eigenvalue weighted by Gasteiger charge is 2.19. The van der Waals surface area contributed by atoms with E-state index in [-0.39, 0.29) is 0 Å². The molecule has 3 heteroatoms. The van der Waals surface area contributed by atoms with E-state index in [4.69, 9.17) is 6.42 Å². The zero-order valence-corrected chi connectivity index (χ0v) is 13.1. The molecule has 2 saturated heterocycles. The fraction of sp³-hybridized carbons (Fsp3) is 0.882. The first kappa shape index (κ1) is 15.8. The van der Waals surface area contributed by atoms with E-state index in [1.807, 2.05) is 0 Å². The SMILES string of the molecule is C#CCN1CCC(NCC(C)CN2CCCCC2)CC1. The smallest absolute Gasteiger partial charge is 0.0598 e. The van der Waals surface area contributed by atoms with Crippen LogP contribution in [0.3, 0.4) is 0 Å². The van der Waals surface area contributed by atoms with Crippen molar-refractivity contribution in [3.63, 3.8) is 0 Å². The average molecular weight is 277 g/mol. The van der Waals surface area contributed by atoms with Crippen LogP contribution in [0.5, 0.6) is 0 Å². The molecule has 0 aliphatic carbocycles. The molecule has 0 bridgehead atoms. The van der Waals surface area contributed by atoms with Crippen molar-refractivity contribution in [2.45, 2.75) is 45.1 Å². The molecule has 2 rings (SSSR count). The van der Waals surface area contributed by atoms with Gasteiger partial charge in [-0.25, -0.2) is 0 Å². The molecule has 2 fully saturated rings. The third-order valence-corrected chi connectivity index (χ3v) is 4.68. The maximum atomic E-state index is 5.37. The summed E-state index contributed by atoms with van der Waals surface area (Å²) < 4.78 is 0. The molecule has 3 nitrogen and oxygen atoms in total. The molecular weight excluding hydrogens is 246 g/mol. The Morgan fingerprint density at radius 3 is 2.45 bits per heavy atom. The predicted molar refractivity (Wildman–Crippen MR) is 85.8 cm³/mol.